The summed E-state index contributed by atoms with van der Waals surface area (Å²) >= 11 is 0. The van der Waals surface area contributed by atoms with E-state index in [2.05, 4.69) is 15.6 Å². The summed E-state index contributed by atoms with van der Waals surface area (Å²) in [5.41, 5.74) is 22.8. The lowest BCUT2D eigenvalue weighted by Gasteiger charge is -2.49. The number of nitrogens with two attached hydrogens (primary N) is 4. The van der Waals surface area contributed by atoms with E-state index in [-0.39, 0.29) is 12.6 Å². The Morgan fingerprint density at radius 3 is 2.56 bits per heavy atom. The fraction of sp³-hybridized carbons (Fsp3) is 0.857. The Morgan fingerprint density at radius 1 is 1.24 bits per heavy atom. The Balaban J connectivity index is 1.82. The molecule has 0 aromatic rings. The van der Waals surface area contributed by atoms with Gasteiger partial charge >= 0.3 is 0 Å². The monoisotopic (exact) mass is 487 g/mol. The van der Waals surface area contributed by atoms with Crippen LogP contribution in [0, 0.1) is 5.92 Å². The van der Waals surface area contributed by atoms with Crippen molar-refractivity contribution in [2.45, 2.75) is 80.2 Å². The van der Waals surface area contributed by atoms with Gasteiger partial charge in [-0.25, -0.2) is 4.99 Å². The van der Waals surface area contributed by atoms with Crippen molar-refractivity contribution in [1.82, 2.24) is 10.6 Å². The number of likely N-dealkylation sites (N-methyl/N-ethyl adjacent to an activating group) is 2. The number of hydrogen-bond acceptors (Lipinski definition) is 11. The molecule has 2 aliphatic heterocycles. The van der Waals surface area contributed by atoms with Crippen LogP contribution in [0.1, 0.15) is 19.8 Å². The smallest absolute Gasteiger partial charge is 0.186 e. The summed E-state index contributed by atoms with van der Waals surface area (Å²) in [6.07, 6.45) is -2.25. The van der Waals surface area contributed by atoms with E-state index in [0.717, 1.165) is 0 Å². The SMILES string of the molecule is CNCC1=CC[C@@H](N=C(N)N)C([C@H]2[C@H](O)[C@@H](O[C@H]3OC[C@](C)(O)[C@H](NC)[C@H]3O)[C@H](N)C[C@@H]2N)O1. The first-order chi connectivity index (χ1) is 16.0. The van der Waals surface area contributed by atoms with Gasteiger partial charge in [0, 0.05) is 18.0 Å². The molecule has 0 bridgehead atoms. The molecule has 1 aliphatic carbocycles. The molecule has 0 radical (unpaired) electrons. The number of aliphatic hydroxyl groups excluding tert-OH is 2. The molecule has 0 spiro atoms. The fourth-order valence-electron chi connectivity index (χ4n) is 5.30. The quantitative estimate of drug-likeness (QED) is 0.124. The van der Waals surface area contributed by atoms with E-state index in [1.807, 2.05) is 6.08 Å². The van der Waals surface area contributed by atoms with Crippen LogP contribution in [0.2, 0.25) is 0 Å². The molecule has 3 rings (SSSR count). The van der Waals surface area contributed by atoms with Gasteiger partial charge in [0.1, 0.15) is 29.7 Å². The Morgan fingerprint density at radius 2 is 1.94 bits per heavy atom. The molecule has 2 heterocycles. The molecule has 13 nitrogen and oxygen atoms in total. The highest BCUT2D eigenvalue weighted by Gasteiger charge is 2.52. The summed E-state index contributed by atoms with van der Waals surface area (Å²) < 4.78 is 17.8. The maximum atomic E-state index is 11.4. The number of aliphatic hydroxyl groups is 3. The zero-order valence-corrected chi connectivity index (χ0v) is 20.0. The third-order valence-corrected chi connectivity index (χ3v) is 6.92. The van der Waals surface area contributed by atoms with Crippen molar-refractivity contribution in [1.29, 1.82) is 0 Å². The van der Waals surface area contributed by atoms with Gasteiger partial charge in [-0.1, -0.05) is 0 Å². The molecule has 3 aliphatic rings. The van der Waals surface area contributed by atoms with Crippen LogP contribution in [0.4, 0.5) is 0 Å². The first kappa shape index (κ1) is 27.0. The number of nitrogens with zero attached hydrogens (tertiary/aromatic N) is 1. The van der Waals surface area contributed by atoms with E-state index in [1.54, 1.807) is 21.0 Å². The summed E-state index contributed by atoms with van der Waals surface area (Å²) in [6, 6.07) is -2.29. The van der Waals surface area contributed by atoms with E-state index in [9.17, 15) is 15.3 Å². The van der Waals surface area contributed by atoms with Crippen molar-refractivity contribution < 1.29 is 29.5 Å². The Kier molecular flexibility index (Phi) is 8.76. The third kappa shape index (κ3) is 5.64. The van der Waals surface area contributed by atoms with E-state index in [1.165, 1.54) is 0 Å². The number of ether oxygens (including phenoxy) is 3. The van der Waals surface area contributed by atoms with Gasteiger partial charge in [0.15, 0.2) is 12.2 Å². The number of guanidine groups is 1. The second-order valence-electron chi connectivity index (χ2n) is 9.67. The minimum absolute atomic E-state index is 0.0717. The van der Waals surface area contributed by atoms with Crippen LogP contribution in [0.3, 0.4) is 0 Å². The first-order valence-corrected chi connectivity index (χ1v) is 11.6. The van der Waals surface area contributed by atoms with Crippen LogP contribution in [0.25, 0.3) is 0 Å². The number of rotatable bonds is 7. The fourth-order valence-corrected chi connectivity index (χ4v) is 5.30. The molecule has 1 saturated heterocycles. The minimum atomic E-state index is -1.30. The standard InChI is InChI=1S/C21H41N7O6/c1-21(31)8-32-19(15(30)18(21)27-3)34-16-11(23)6-10(22)13(14(16)29)17-12(28-20(24)25)5-4-9(33-17)7-26-2/h4,10-19,26-27,29-31H,5-8,22-23H2,1-3H3,(H4,24,25,28)/t10-,11+,12+,13+,14-,15+,16-,17?,18+,19+,21-/m0/s1. The predicted molar refractivity (Wildman–Crippen MR) is 125 cm³/mol. The molecule has 0 amide bonds. The zero-order valence-electron chi connectivity index (χ0n) is 20.0. The Labute approximate surface area is 199 Å². The lowest BCUT2D eigenvalue weighted by Crippen LogP contribution is -2.68. The minimum Gasteiger partial charge on any atom is -0.491 e. The van der Waals surface area contributed by atoms with Gasteiger partial charge in [-0.05, 0) is 39.9 Å². The Bertz CT molecular complexity index is 749. The highest BCUT2D eigenvalue weighted by Crippen LogP contribution is 2.37. The molecule has 0 aromatic carbocycles. The summed E-state index contributed by atoms with van der Waals surface area (Å²) in [5, 5.41) is 38.6. The van der Waals surface area contributed by atoms with Gasteiger partial charge in [-0.15, -0.1) is 0 Å². The van der Waals surface area contributed by atoms with Crippen LogP contribution < -0.4 is 33.6 Å². The Hall–Kier alpha value is -1.55. The van der Waals surface area contributed by atoms with Crippen molar-refractivity contribution in [2.24, 2.45) is 33.8 Å². The molecule has 0 aromatic heterocycles. The van der Waals surface area contributed by atoms with E-state index >= 15 is 0 Å². The molecule has 1 saturated carbocycles. The predicted octanol–water partition coefficient (Wildman–Crippen LogP) is -4.00. The highest BCUT2D eigenvalue weighted by atomic mass is 16.7. The average molecular weight is 488 g/mol. The van der Waals surface area contributed by atoms with Crippen molar-refractivity contribution in [3.05, 3.63) is 11.8 Å². The summed E-state index contributed by atoms with van der Waals surface area (Å²) in [5.74, 6) is 0.00475. The number of nitrogens with one attached hydrogen (secondary N) is 2. The van der Waals surface area contributed by atoms with Gasteiger partial charge in [0.25, 0.3) is 0 Å². The average Bonchev–Trinajstić information content (AvgIpc) is 2.74. The van der Waals surface area contributed by atoms with Crippen molar-refractivity contribution in [3.63, 3.8) is 0 Å². The maximum Gasteiger partial charge on any atom is 0.186 e. The molecule has 2 fully saturated rings. The molecule has 1 unspecified atom stereocenters. The zero-order chi connectivity index (χ0) is 25.2. The summed E-state index contributed by atoms with van der Waals surface area (Å²) in [7, 11) is 3.43. The first-order valence-electron chi connectivity index (χ1n) is 11.6. The van der Waals surface area contributed by atoms with E-state index < -0.39 is 66.4 Å². The van der Waals surface area contributed by atoms with Crippen LogP contribution in [-0.4, -0.2) is 109 Å². The second-order valence-corrected chi connectivity index (χ2v) is 9.67. The lowest BCUT2D eigenvalue weighted by molar-refractivity contribution is -0.296. The van der Waals surface area contributed by atoms with Gasteiger partial charge < -0.3 is 63.1 Å². The van der Waals surface area contributed by atoms with Gasteiger partial charge in [-0.2, -0.15) is 0 Å². The van der Waals surface area contributed by atoms with Crippen LogP contribution in [0.5, 0.6) is 0 Å². The van der Waals surface area contributed by atoms with E-state index in [0.29, 0.717) is 25.1 Å². The lowest BCUT2D eigenvalue weighted by atomic mass is 9.73. The van der Waals surface area contributed by atoms with Gasteiger partial charge in [0.05, 0.1) is 31.3 Å². The number of aliphatic imine (C=N–C) groups is 1. The maximum absolute atomic E-state index is 11.4. The molecular formula is C21H41N7O6. The topological polar surface area (TPSA) is 229 Å². The second kappa shape index (κ2) is 11.0. The third-order valence-electron chi connectivity index (χ3n) is 6.92. The van der Waals surface area contributed by atoms with Gasteiger partial charge in [0.2, 0.25) is 0 Å². The van der Waals surface area contributed by atoms with Crippen LogP contribution in [-0.2, 0) is 14.2 Å². The van der Waals surface area contributed by atoms with E-state index in [4.69, 9.17) is 37.1 Å². The van der Waals surface area contributed by atoms with Crippen LogP contribution in [0.15, 0.2) is 16.8 Å². The van der Waals surface area contributed by atoms with Crippen LogP contribution >= 0.6 is 0 Å². The summed E-state index contributed by atoms with van der Waals surface area (Å²) in [6.45, 7) is 1.98. The molecule has 196 valence electrons. The number of hydrogen-bond donors (Lipinski definition) is 9. The largest absolute Gasteiger partial charge is 0.491 e. The van der Waals surface area contributed by atoms with Gasteiger partial charge in [-0.3, -0.25) is 0 Å². The molecule has 34 heavy (non-hydrogen) atoms. The van der Waals surface area contributed by atoms with Crippen molar-refractivity contribution in [3.8, 4) is 0 Å². The molecule has 13 N–H and O–H groups in total. The molecule has 13 heteroatoms. The van der Waals surface area contributed by atoms with Crippen molar-refractivity contribution in [2.75, 3.05) is 27.2 Å². The highest BCUT2D eigenvalue weighted by molar-refractivity contribution is 5.76. The summed E-state index contributed by atoms with van der Waals surface area (Å²) in [4.78, 5) is 4.31. The molecular weight excluding hydrogens is 446 g/mol. The van der Waals surface area contributed by atoms with Crippen molar-refractivity contribution >= 4 is 5.96 Å². The molecule has 11 atom stereocenters. The normalized spacial score (nSPS) is 45.2.